The molecule has 1 aromatic carbocycles. The summed E-state index contributed by atoms with van der Waals surface area (Å²) >= 11 is 5.75. The first-order chi connectivity index (χ1) is 7.16. The maximum absolute atomic E-state index is 5.75. The number of hydrogen-bond donors (Lipinski definition) is 0. The molecule has 0 saturated carbocycles. The summed E-state index contributed by atoms with van der Waals surface area (Å²) in [7, 11) is 0. The van der Waals surface area contributed by atoms with Gasteiger partial charge in [-0.3, -0.25) is 0 Å². The van der Waals surface area contributed by atoms with Crippen LogP contribution < -0.4 is 4.74 Å². The van der Waals surface area contributed by atoms with Crippen LogP contribution in [-0.4, -0.2) is 16.1 Å². The van der Waals surface area contributed by atoms with Crippen molar-refractivity contribution in [3.8, 4) is 5.75 Å². The molecule has 0 amide bonds. The van der Waals surface area contributed by atoms with Gasteiger partial charge >= 0.3 is 0 Å². The Bertz CT molecular complexity index is 485. The van der Waals surface area contributed by atoms with Gasteiger partial charge in [-0.05, 0) is 31.5 Å². The first kappa shape index (κ1) is 10.2. The van der Waals surface area contributed by atoms with Crippen LogP contribution in [0.4, 0.5) is 0 Å². The Morgan fingerprint density at radius 1 is 1.33 bits per heavy atom. The molecule has 0 aliphatic heterocycles. The van der Waals surface area contributed by atoms with Gasteiger partial charge in [0.25, 0.3) is 0 Å². The number of aromatic nitrogens is 2. The lowest BCUT2D eigenvalue weighted by atomic mass is 10.2. The molecule has 0 spiro atoms. The van der Waals surface area contributed by atoms with Crippen molar-refractivity contribution in [2.45, 2.75) is 20.0 Å². The standard InChI is InChI=1S/C11H11ClN2O/c1-7(2)15-9-5-3-4-8-6-13-11(12)14-10(8)9/h3-7H,1-2H3. The third-order valence-electron chi connectivity index (χ3n) is 1.91. The second-order valence-corrected chi connectivity index (χ2v) is 3.84. The van der Waals surface area contributed by atoms with E-state index in [1.807, 2.05) is 32.0 Å². The fourth-order valence-electron chi connectivity index (χ4n) is 1.36. The molecule has 0 atom stereocenters. The van der Waals surface area contributed by atoms with E-state index in [2.05, 4.69) is 9.97 Å². The van der Waals surface area contributed by atoms with Crippen LogP contribution in [0.3, 0.4) is 0 Å². The second-order valence-electron chi connectivity index (χ2n) is 3.50. The summed E-state index contributed by atoms with van der Waals surface area (Å²) in [5, 5.41) is 1.17. The number of fused-ring (bicyclic) bond motifs is 1. The van der Waals surface area contributed by atoms with E-state index in [1.165, 1.54) is 0 Å². The highest BCUT2D eigenvalue weighted by atomic mass is 35.5. The zero-order valence-electron chi connectivity index (χ0n) is 8.57. The van der Waals surface area contributed by atoms with Gasteiger partial charge < -0.3 is 4.74 Å². The zero-order valence-corrected chi connectivity index (χ0v) is 9.32. The molecule has 15 heavy (non-hydrogen) atoms. The van der Waals surface area contributed by atoms with Crippen molar-refractivity contribution in [3.05, 3.63) is 29.7 Å². The molecule has 1 heterocycles. The van der Waals surface area contributed by atoms with E-state index in [9.17, 15) is 0 Å². The van der Waals surface area contributed by atoms with Gasteiger partial charge in [0.15, 0.2) is 0 Å². The molecule has 2 aromatic rings. The Morgan fingerprint density at radius 3 is 2.87 bits per heavy atom. The van der Waals surface area contributed by atoms with E-state index in [0.717, 1.165) is 16.7 Å². The van der Waals surface area contributed by atoms with Crippen molar-refractivity contribution < 1.29 is 4.74 Å². The normalized spacial score (nSPS) is 10.9. The van der Waals surface area contributed by atoms with Gasteiger partial charge in [-0.2, -0.15) is 0 Å². The fourth-order valence-corrected chi connectivity index (χ4v) is 1.49. The molecule has 78 valence electrons. The van der Waals surface area contributed by atoms with Crippen molar-refractivity contribution in [2.75, 3.05) is 0 Å². The Balaban J connectivity index is 2.58. The lowest BCUT2D eigenvalue weighted by Crippen LogP contribution is -2.06. The van der Waals surface area contributed by atoms with Crippen molar-refractivity contribution in [3.63, 3.8) is 0 Å². The number of nitrogens with zero attached hydrogens (tertiary/aromatic N) is 2. The maximum Gasteiger partial charge on any atom is 0.223 e. The summed E-state index contributed by atoms with van der Waals surface area (Å²) in [4.78, 5) is 8.08. The van der Waals surface area contributed by atoms with Crippen LogP contribution in [0.5, 0.6) is 5.75 Å². The lowest BCUT2D eigenvalue weighted by Gasteiger charge is -2.11. The van der Waals surface area contributed by atoms with Crippen molar-refractivity contribution in [1.29, 1.82) is 0 Å². The summed E-state index contributed by atoms with van der Waals surface area (Å²) < 4.78 is 5.63. The van der Waals surface area contributed by atoms with Gasteiger partial charge in [0.05, 0.1) is 6.10 Å². The van der Waals surface area contributed by atoms with Crippen molar-refractivity contribution in [2.24, 2.45) is 0 Å². The maximum atomic E-state index is 5.75. The summed E-state index contributed by atoms with van der Waals surface area (Å²) in [6.45, 7) is 3.95. The van der Waals surface area contributed by atoms with Crippen molar-refractivity contribution in [1.82, 2.24) is 9.97 Å². The lowest BCUT2D eigenvalue weighted by molar-refractivity contribution is 0.245. The van der Waals surface area contributed by atoms with E-state index in [4.69, 9.17) is 16.3 Å². The van der Waals surface area contributed by atoms with E-state index in [1.54, 1.807) is 6.20 Å². The summed E-state index contributed by atoms with van der Waals surface area (Å²) in [5.41, 5.74) is 0.756. The van der Waals surface area contributed by atoms with Crippen LogP contribution in [-0.2, 0) is 0 Å². The Labute approximate surface area is 93.1 Å². The monoisotopic (exact) mass is 222 g/mol. The molecule has 4 heteroatoms. The van der Waals surface area contributed by atoms with Gasteiger partial charge in [-0.15, -0.1) is 0 Å². The highest BCUT2D eigenvalue weighted by Gasteiger charge is 2.06. The van der Waals surface area contributed by atoms with Gasteiger partial charge in [0.1, 0.15) is 11.3 Å². The molecule has 0 bridgehead atoms. The highest BCUT2D eigenvalue weighted by Crippen LogP contribution is 2.24. The average molecular weight is 223 g/mol. The summed E-state index contributed by atoms with van der Waals surface area (Å²) in [6, 6.07) is 5.72. The SMILES string of the molecule is CC(C)Oc1cccc2cnc(Cl)nc12. The Hall–Kier alpha value is -1.35. The molecule has 0 unspecified atom stereocenters. The molecule has 2 rings (SSSR count). The van der Waals surface area contributed by atoms with Crippen LogP contribution in [0.15, 0.2) is 24.4 Å². The Kier molecular flexibility index (Phi) is 2.73. The molecule has 0 aliphatic rings. The van der Waals surface area contributed by atoms with E-state index in [0.29, 0.717) is 0 Å². The molecular weight excluding hydrogens is 212 g/mol. The first-order valence-corrected chi connectivity index (χ1v) is 5.12. The van der Waals surface area contributed by atoms with Gasteiger partial charge in [0.2, 0.25) is 5.28 Å². The number of halogens is 1. The van der Waals surface area contributed by atoms with Crippen LogP contribution in [0, 0.1) is 0 Å². The van der Waals surface area contributed by atoms with Gasteiger partial charge in [-0.25, -0.2) is 9.97 Å². The number of benzene rings is 1. The number of para-hydroxylation sites is 1. The fraction of sp³-hybridized carbons (Fsp3) is 0.273. The second kappa shape index (κ2) is 4.03. The summed E-state index contributed by atoms with van der Waals surface area (Å²) in [6.07, 6.45) is 1.81. The largest absolute Gasteiger partial charge is 0.489 e. The Morgan fingerprint density at radius 2 is 2.13 bits per heavy atom. The van der Waals surface area contributed by atoms with E-state index >= 15 is 0 Å². The van der Waals surface area contributed by atoms with Gasteiger partial charge in [0, 0.05) is 11.6 Å². The predicted octanol–water partition coefficient (Wildman–Crippen LogP) is 3.07. The zero-order chi connectivity index (χ0) is 10.8. The highest BCUT2D eigenvalue weighted by molar-refractivity contribution is 6.28. The molecule has 0 fully saturated rings. The third-order valence-corrected chi connectivity index (χ3v) is 2.09. The first-order valence-electron chi connectivity index (χ1n) is 4.75. The van der Waals surface area contributed by atoms with E-state index in [-0.39, 0.29) is 11.4 Å². The van der Waals surface area contributed by atoms with Crippen LogP contribution >= 0.6 is 11.6 Å². The average Bonchev–Trinajstić information content (AvgIpc) is 2.18. The quantitative estimate of drug-likeness (QED) is 0.733. The minimum Gasteiger partial charge on any atom is -0.489 e. The van der Waals surface area contributed by atoms with Crippen LogP contribution in [0.1, 0.15) is 13.8 Å². The molecule has 0 N–H and O–H groups in total. The smallest absolute Gasteiger partial charge is 0.223 e. The number of hydrogen-bond acceptors (Lipinski definition) is 3. The van der Waals surface area contributed by atoms with E-state index < -0.39 is 0 Å². The minimum atomic E-state index is 0.115. The van der Waals surface area contributed by atoms with Gasteiger partial charge in [-0.1, -0.05) is 12.1 Å². The van der Waals surface area contributed by atoms with Crippen molar-refractivity contribution >= 4 is 22.5 Å². The molecule has 1 aromatic heterocycles. The third kappa shape index (κ3) is 2.18. The molecular formula is C11H11ClN2O. The van der Waals surface area contributed by atoms with Crippen LogP contribution in [0.25, 0.3) is 10.9 Å². The topological polar surface area (TPSA) is 35.0 Å². The van der Waals surface area contributed by atoms with Crippen LogP contribution in [0.2, 0.25) is 5.28 Å². The number of ether oxygens (including phenoxy) is 1. The molecule has 0 radical (unpaired) electrons. The predicted molar refractivity (Wildman–Crippen MR) is 60.3 cm³/mol. The summed E-state index contributed by atoms with van der Waals surface area (Å²) in [5.74, 6) is 0.742. The molecule has 0 saturated heterocycles. The number of rotatable bonds is 2. The molecule has 0 aliphatic carbocycles. The molecule has 3 nitrogen and oxygen atoms in total. The minimum absolute atomic E-state index is 0.115.